The predicted octanol–water partition coefficient (Wildman–Crippen LogP) is 6.02. The Morgan fingerprint density at radius 1 is 0.844 bits per heavy atom. The number of nitrogens with zero attached hydrogens (tertiary/aromatic N) is 4. The van der Waals surface area contributed by atoms with Gasteiger partial charge in [0, 0.05) is 47.4 Å². The van der Waals surface area contributed by atoms with Crippen LogP contribution in [0.4, 0.5) is 11.4 Å². The number of aldehydes is 1. The first-order chi connectivity index (χ1) is 21.5. The highest BCUT2D eigenvalue weighted by Gasteiger charge is 2.48. The van der Waals surface area contributed by atoms with Gasteiger partial charge in [-0.2, -0.15) is 8.75 Å². The number of aromatic nitrogens is 2. The highest BCUT2D eigenvalue weighted by molar-refractivity contribution is 7.00. The third kappa shape index (κ3) is 6.34. The number of hydrogen-bond acceptors (Lipinski definition) is 11. The van der Waals surface area contributed by atoms with E-state index in [1.165, 1.54) is 36.4 Å². The molecule has 1 N–H and O–H groups in total. The number of hydrogen-bond donors (Lipinski definition) is 1. The molecule has 13 heteroatoms. The van der Waals surface area contributed by atoms with Gasteiger partial charge < -0.3 is 9.84 Å². The Bertz CT molecular complexity index is 1990. The highest BCUT2D eigenvalue weighted by atomic mass is 32.1. The van der Waals surface area contributed by atoms with Gasteiger partial charge in [0.05, 0.1) is 27.1 Å². The molecule has 5 aromatic rings. The van der Waals surface area contributed by atoms with Crippen molar-refractivity contribution in [3.63, 3.8) is 0 Å². The summed E-state index contributed by atoms with van der Waals surface area (Å²) >= 11 is 1.07. The number of cyclic esters (lactones) is 1. The van der Waals surface area contributed by atoms with Crippen molar-refractivity contribution < 1.29 is 29.3 Å². The lowest BCUT2D eigenvalue weighted by molar-refractivity contribution is -0.385. The first-order valence-electron chi connectivity index (χ1n) is 13.4. The van der Waals surface area contributed by atoms with Crippen LogP contribution in [0.5, 0.6) is 0 Å². The molecule has 2 heterocycles. The topological polar surface area (TPSA) is 176 Å². The summed E-state index contributed by atoms with van der Waals surface area (Å²) in [5.74, 6) is -2.64. The van der Waals surface area contributed by atoms with Crippen LogP contribution >= 0.6 is 11.7 Å². The van der Waals surface area contributed by atoms with Crippen molar-refractivity contribution in [1.29, 1.82) is 0 Å². The van der Waals surface area contributed by atoms with Crippen LogP contribution < -0.4 is 0 Å². The number of carbonyl (C=O) groups is 2. The van der Waals surface area contributed by atoms with Gasteiger partial charge in [-0.1, -0.05) is 30.3 Å². The van der Waals surface area contributed by atoms with Crippen molar-refractivity contribution in [3.05, 3.63) is 144 Å². The quantitative estimate of drug-likeness (QED) is 0.0975. The first kappa shape index (κ1) is 30.8. The fourth-order valence-corrected chi connectivity index (χ4v) is 5.29. The minimum Gasteiger partial charge on any atom is -0.421 e. The molecule has 1 unspecified atom stereocenters. The molecule has 4 aromatic carbocycles. The van der Waals surface area contributed by atoms with Crippen molar-refractivity contribution in [2.24, 2.45) is 0 Å². The molecule has 1 aliphatic rings. The molecule has 0 bridgehead atoms. The van der Waals surface area contributed by atoms with Crippen molar-refractivity contribution in [1.82, 2.24) is 8.75 Å². The minimum absolute atomic E-state index is 0.00407. The average Bonchev–Trinajstić information content (AvgIpc) is 3.60. The average molecular weight is 625 g/mol. The Labute approximate surface area is 259 Å². The minimum atomic E-state index is -1.98. The summed E-state index contributed by atoms with van der Waals surface area (Å²) in [7, 11) is 0. The Morgan fingerprint density at radius 3 is 2.07 bits per heavy atom. The summed E-state index contributed by atoms with van der Waals surface area (Å²) in [6.45, 7) is 3.88. The molecule has 0 aliphatic carbocycles. The monoisotopic (exact) mass is 624 g/mol. The molecule has 12 nitrogen and oxygen atoms in total. The summed E-state index contributed by atoms with van der Waals surface area (Å²) < 4.78 is 14.1. The summed E-state index contributed by atoms with van der Waals surface area (Å²) in [5, 5.41) is 33.0. The van der Waals surface area contributed by atoms with E-state index in [1.807, 2.05) is 19.9 Å². The standard InChI is InChI=1S/C25H19N3O5S.C7H5NO3/c1-14-3-7-18(11-15(14)2)25(30)20(12-16-4-8-19(9-5-16)28(31)32)23(24(29)33-25)17-6-10-21-22(13-17)27-34-26-21;9-5-6-1-3-7(4-2-6)8(10)11/h3-11,13,30H,12H2,1-2H3;1-5H. The lowest BCUT2D eigenvalue weighted by Crippen LogP contribution is -2.30. The molecule has 6 rings (SSSR count). The number of ether oxygens (including phenoxy) is 1. The zero-order valence-corrected chi connectivity index (χ0v) is 24.7. The lowest BCUT2D eigenvalue weighted by atomic mass is 9.87. The number of non-ortho nitro benzene ring substituents is 2. The largest absolute Gasteiger partial charge is 0.421 e. The summed E-state index contributed by atoms with van der Waals surface area (Å²) in [6, 6.07) is 22.1. The molecule has 226 valence electrons. The van der Waals surface area contributed by atoms with Crippen molar-refractivity contribution in [2.45, 2.75) is 26.1 Å². The Morgan fingerprint density at radius 2 is 1.47 bits per heavy atom. The maximum absolute atomic E-state index is 13.2. The van der Waals surface area contributed by atoms with Crippen LogP contribution in [-0.2, 0) is 21.7 Å². The van der Waals surface area contributed by atoms with E-state index in [4.69, 9.17) is 4.74 Å². The van der Waals surface area contributed by atoms with Crippen molar-refractivity contribution in [3.8, 4) is 0 Å². The molecule has 1 aliphatic heterocycles. The summed E-state index contributed by atoms with van der Waals surface area (Å²) in [5.41, 5.74) is 6.02. The van der Waals surface area contributed by atoms with E-state index in [-0.39, 0.29) is 23.4 Å². The molecular weight excluding hydrogens is 600 g/mol. The third-order valence-corrected chi connectivity index (χ3v) is 7.92. The van der Waals surface area contributed by atoms with Crippen molar-refractivity contribution >= 4 is 52.0 Å². The van der Waals surface area contributed by atoms with Gasteiger partial charge in [0.15, 0.2) is 0 Å². The van der Waals surface area contributed by atoms with Gasteiger partial charge in [0.2, 0.25) is 0 Å². The van der Waals surface area contributed by atoms with E-state index < -0.39 is 21.6 Å². The maximum atomic E-state index is 13.2. The van der Waals surface area contributed by atoms with Gasteiger partial charge in [-0.05, 0) is 66.4 Å². The van der Waals surface area contributed by atoms with E-state index in [0.29, 0.717) is 45.1 Å². The number of nitro benzene ring substituents is 2. The van der Waals surface area contributed by atoms with Gasteiger partial charge >= 0.3 is 5.97 Å². The lowest BCUT2D eigenvalue weighted by Gasteiger charge is -2.26. The number of nitro groups is 2. The Balaban J connectivity index is 0.000000309. The number of esters is 1. The van der Waals surface area contributed by atoms with E-state index in [9.17, 15) is 34.9 Å². The maximum Gasteiger partial charge on any atom is 0.342 e. The van der Waals surface area contributed by atoms with Gasteiger partial charge in [-0.3, -0.25) is 25.0 Å². The van der Waals surface area contributed by atoms with Crippen LogP contribution in [0.1, 0.15) is 38.2 Å². The molecule has 0 fully saturated rings. The number of carbonyl (C=O) groups excluding carboxylic acids is 2. The van der Waals surface area contributed by atoms with Crippen LogP contribution in [-0.4, -0.2) is 36.0 Å². The van der Waals surface area contributed by atoms with E-state index in [1.54, 1.807) is 42.5 Å². The molecule has 1 atom stereocenters. The third-order valence-electron chi connectivity index (χ3n) is 7.36. The Hall–Kier alpha value is -5.66. The number of rotatable bonds is 7. The fourth-order valence-electron chi connectivity index (χ4n) is 4.78. The summed E-state index contributed by atoms with van der Waals surface area (Å²) in [6.07, 6.45) is 0.791. The highest BCUT2D eigenvalue weighted by Crippen LogP contribution is 2.45. The second-order valence-electron chi connectivity index (χ2n) is 10.2. The van der Waals surface area contributed by atoms with Crippen LogP contribution in [0.15, 0.2) is 90.5 Å². The van der Waals surface area contributed by atoms with Gasteiger partial charge in [0.25, 0.3) is 17.2 Å². The normalized spacial score (nSPS) is 15.8. The van der Waals surface area contributed by atoms with Crippen LogP contribution in [0.3, 0.4) is 0 Å². The van der Waals surface area contributed by atoms with Gasteiger partial charge in [-0.25, -0.2) is 4.79 Å². The molecule has 45 heavy (non-hydrogen) atoms. The number of fused-ring (bicyclic) bond motifs is 1. The van der Waals surface area contributed by atoms with E-state index in [2.05, 4.69) is 8.75 Å². The van der Waals surface area contributed by atoms with Crippen molar-refractivity contribution in [2.75, 3.05) is 0 Å². The predicted molar refractivity (Wildman–Crippen MR) is 166 cm³/mol. The molecular formula is C32H24N4O8S. The number of aliphatic hydroxyl groups is 1. The van der Waals surface area contributed by atoms with Crippen LogP contribution in [0.2, 0.25) is 0 Å². The first-order valence-corrected chi connectivity index (χ1v) is 14.2. The van der Waals surface area contributed by atoms with E-state index in [0.717, 1.165) is 22.9 Å². The number of benzene rings is 4. The second kappa shape index (κ2) is 12.5. The van der Waals surface area contributed by atoms with Crippen LogP contribution in [0.25, 0.3) is 16.6 Å². The second-order valence-corrected chi connectivity index (χ2v) is 10.7. The van der Waals surface area contributed by atoms with Gasteiger partial charge in [0.1, 0.15) is 17.3 Å². The number of aryl methyl sites for hydroxylation is 2. The summed E-state index contributed by atoms with van der Waals surface area (Å²) in [4.78, 5) is 43.5. The zero-order valence-electron chi connectivity index (χ0n) is 23.9. The Kier molecular flexibility index (Phi) is 8.57. The fraction of sp³-hybridized carbons (Fsp3) is 0.125. The van der Waals surface area contributed by atoms with Crippen LogP contribution in [0, 0.1) is 34.1 Å². The molecule has 0 spiro atoms. The molecule has 0 saturated carbocycles. The molecule has 0 amide bonds. The SMILES string of the molecule is Cc1ccc(C2(O)OC(=O)C(c3ccc4nsnc4c3)=C2Cc2ccc([N+](=O)[O-])cc2)cc1C.O=Cc1ccc([N+](=O)[O-])cc1. The van der Waals surface area contributed by atoms with Gasteiger partial charge in [-0.15, -0.1) is 0 Å². The zero-order chi connectivity index (χ0) is 32.3. The molecule has 0 radical (unpaired) electrons. The molecule has 0 saturated heterocycles. The van der Waals surface area contributed by atoms with E-state index >= 15 is 0 Å². The molecule has 1 aromatic heterocycles. The smallest absolute Gasteiger partial charge is 0.342 e.